The van der Waals surface area contributed by atoms with Crippen LogP contribution in [0, 0.1) is 17.6 Å². The monoisotopic (exact) mass is 239 g/mol. The van der Waals surface area contributed by atoms with E-state index in [1.54, 1.807) is 6.07 Å². The van der Waals surface area contributed by atoms with Crippen molar-refractivity contribution in [3.8, 4) is 0 Å². The lowest BCUT2D eigenvalue weighted by Crippen LogP contribution is -2.31. The number of benzene rings is 1. The van der Waals surface area contributed by atoms with E-state index in [2.05, 4.69) is 5.32 Å². The standard InChI is InChI=1S/C14H19F2N/c1-2-11-5-6-13(15)12(14(11)16)8-10-4-3-7-17-9-10/h5-6,10,17H,2-4,7-9H2,1H3. The smallest absolute Gasteiger partial charge is 0.132 e. The zero-order chi connectivity index (χ0) is 12.3. The van der Waals surface area contributed by atoms with Crippen LogP contribution in [0.4, 0.5) is 8.78 Å². The third-order valence-corrected chi connectivity index (χ3v) is 3.54. The van der Waals surface area contributed by atoms with Crippen LogP contribution in [0.25, 0.3) is 0 Å². The molecule has 1 aliphatic heterocycles. The summed E-state index contributed by atoms with van der Waals surface area (Å²) < 4.78 is 27.7. The number of aryl methyl sites for hydroxylation is 1. The van der Waals surface area contributed by atoms with E-state index in [1.807, 2.05) is 6.92 Å². The maximum Gasteiger partial charge on any atom is 0.132 e. The summed E-state index contributed by atoms with van der Waals surface area (Å²) in [6.45, 7) is 3.79. The highest BCUT2D eigenvalue weighted by atomic mass is 19.1. The van der Waals surface area contributed by atoms with E-state index in [9.17, 15) is 8.78 Å². The quantitative estimate of drug-likeness (QED) is 0.854. The van der Waals surface area contributed by atoms with Crippen molar-refractivity contribution in [3.63, 3.8) is 0 Å². The Kier molecular flexibility index (Phi) is 4.11. The Morgan fingerprint density at radius 1 is 1.35 bits per heavy atom. The topological polar surface area (TPSA) is 12.0 Å². The van der Waals surface area contributed by atoms with Gasteiger partial charge in [-0.15, -0.1) is 0 Å². The summed E-state index contributed by atoms with van der Waals surface area (Å²) in [6, 6.07) is 2.95. The second-order valence-corrected chi connectivity index (χ2v) is 4.77. The average Bonchev–Trinajstić information content (AvgIpc) is 2.36. The van der Waals surface area contributed by atoms with Crippen molar-refractivity contribution in [1.29, 1.82) is 0 Å². The minimum absolute atomic E-state index is 0.276. The molecule has 1 aromatic carbocycles. The van der Waals surface area contributed by atoms with Crippen LogP contribution in [0.3, 0.4) is 0 Å². The molecule has 0 aliphatic carbocycles. The molecule has 0 bridgehead atoms. The molecule has 0 aromatic heterocycles. The lowest BCUT2D eigenvalue weighted by atomic mass is 9.91. The van der Waals surface area contributed by atoms with Crippen molar-refractivity contribution in [2.45, 2.75) is 32.6 Å². The number of nitrogens with one attached hydrogen (secondary N) is 1. The van der Waals surface area contributed by atoms with Crippen LogP contribution in [0.5, 0.6) is 0 Å². The fourth-order valence-electron chi connectivity index (χ4n) is 2.49. The van der Waals surface area contributed by atoms with Gasteiger partial charge in [-0.05, 0) is 56.3 Å². The summed E-state index contributed by atoms with van der Waals surface area (Å²) in [7, 11) is 0. The highest BCUT2D eigenvalue weighted by Crippen LogP contribution is 2.23. The van der Waals surface area contributed by atoms with Crippen molar-refractivity contribution in [1.82, 2.24) is 5.32 Å². The van der Waals surface area contributed by atoms with Crippen LogP contribution >= 0.6 is 0 Å². The molecule has 1 saturated heterocycles. The van der Waals surface area contributed by atoms with Crippen molar-refractivity contribution in [3.05, 3.63) is 34.9 Å². The van der Waals surface area contributed by atoms with Gasteiger partial charge >= 0.3 is 0 Å². The first-order chi connectivity index (χ1) is 8.22. The van der Waals surface area contributed by atoms with Crippen LogP contribution in [-0.2, 0) is 12.8 Å². The van der Waals surface area contributed by atoms with Gasteiger partial charge in [0.25, 0.3) is 0 Å². The Bertz CT molecular complexity index is 384. The van der Waals surface area contributed by atoms with E-state index in [0.717, 1.165) is 25.9 Å². The van der Waals surface area contributed by atoms with E-state index in [1.165, 1.54) is 6.07 Å². The number of halogens is 2. The molecule has 3 heteroatoms. The van der Waals surface area contributed by atoms with Crippen LogP contribution in [0.1, 0.15) is 30.9 Å². The Morgan fingerprint density at radius 2 is 2.18 bits per heavy atom. The molecular weight excluding hydrogens is 220 g/mol. The van der Waals surface area contributed by atoms with Gasteiger partial charge in [0, 0.05) is 5.56 Å². The van der Waals surface area contributed by atoms with Gasteiger partial charge in [0.2, 0.25) is 0 Å². The first-order valence-corrected chi connectivity index (χ1v) is 6.38. The van der Waals surface area contributed by atoms with Gasteiger partial charge < -0.3 is 5.32 Å². The molecule has 1 N–H and O–H groups in total. The molecule has 0 amide bonds. The van der Waals surface area contributed by atoms with Crippen molar-refractivity contribution in [2.75, 3.05) is 13.1 Å². The van der Waals surface area contributed by atoms with Crippen LogP contribution in [0.2, 0.25) is 0 Å². The van der Waals surface area contributed by atoms with E-state index in [4.69, 9.17) is 0 Å². The predicted molar refractivity (Wildman–Crippen MR) is 65.0 cm³/mol. The summed E-state index contributed by atoms with van der Waals surface area (Å²) in [4.78, 5) is 0. The molecular formula is C14H19F2N. The number of hydrogen-bond acceptors (Lipinski definition) is 1. The largest absolute Gasteiger partial charge is 0.316 e. The zero-order valence-corrected chi connectivity index (χ0v) is 10.2. The summed E-state index contributed by atoms with van der Waals surface area (Å²) in [5.74, 6) is -0.372. The van der Waals surface area contributed by atoms with Crippen molar-refractivity contribution in [2.24, 2.45) is 5.92 Å². The number of rotatable bonds is 3. The molecule has 1 aromatic rings. The van der Waals surface area contributed by atoms with Crippen LogP contribution in [0.15, 0.2) is 12.1 Å². The fourth-order valence-corrected chi connectivity index (χ4v) is 2.49. The summed E-state index contributed by atoms with van der Waals surface area (Å²) >= 11 is 0. The number of hydrogen-bond donors (Lipinski definition) is 1. The second-order valence-electron chi connectivity index (χ2n) is 4.77. The van der Waals surface area contributed by atoms with Gasteiger partial charge in [0.05, 0.1) is 0 Å². The molecule has 17 heavy (non-hydrogen) atoms. The summed E-state index contributed by atoms with van der Waals surface area (Å²) in [5.41, 5.74) is 0.892. The third kappa shape index (κ3) is 2.83. The lowest BCUT2D eigenvalue weighted by Gasteiger charge is -2.23. The van der Waals surface area contributed by atoms with E-state index >= 15 is 0 Å². The van der Waals surface area contributed by atoms with Gasteiger partial charge in [-0.1, -0.05) is 13.0 Å². The number of piperidine rings is 1. The van der Waals surface area contributed by atoms with Gasteiger partial charge in [-0.2, -0.15) is 0 Å². The van der Waals surface area contributed by atoms with Crippen molar-refractivity contribution < 1.29 is 8.78 Å². The van der Waals surface area contributed by atoms with Gasteiger partial charge in [0.1, 0.15) is 11.6 Å². The molecule has 94 valence electrons. The molecule has 1 atom stereocenters. The minimum atomic E-state index is -0.398. The van der Waals surface area contributed by atoms with Gasteiger partial charge in [0.15, 0.2) is 0 Å². The molecule has 1 unspecified atom stereocenters. The Morgan fingerprint density at radius 3 is 2.82 bits per heavy atom. The minimum Gasteiger partial charge on any atom is -0.316 e. The summed E-state index contributed by atoms with van der Waals surface area (Å²) in [5, 5.41) is 3.28. The Labute approximate surface area is 101 Å². The molecule has 0 spiro atoms. The molecule has 2 rings (SSSR count). The molecule has 1 aliphatic rings. The van der Waals surface area contributed by atoms with Crippen LogP contribution in [-0.4, -0.2) is 13.1 Å². The molecule has 1 fully saturated rings. The normalized spacial score (nSPS) is 20.5. The lowest BCUT2D eigenvalue weighted by molar-refractivity contribution is 0.366. The highest BCUT2D eigenvalue weighted by Gasteiger charge is 2.19. The van der Waals surface area contributed by atoms with E-state index in [-0.39, 0.29) is 11.4 Å². The maximum absolute atomic E-state index is 14.0. The maximum atomic E-state index is 14.0. The highest BCUT2D eigenvalue weighted by molar-refractivity contribution is 5.28. The predicted octanol–water partition coefficient (Wildman–Crippen LogP) is 3.07. The molecule has 1 nitrogen and oxygen atoms in total. The Balaban J connectivity index is 2.18. The zero-order valence-electron chi connectivity index (χ0n) is 10.2. The van der Waals surface area contributed by atoms with Crippen LogP contribution < -0.4 is 5.32 Å². The second kappa shape index (κ2) is 5.58. The Hall–Kier alpha value is -0.960. The fraction of sp³-hybridized carbons (Fsp3) is 0.571. The molecule has 0 radical (unpaired) electrons. The molecule has 1 heterocycles. The van der Waals surface area contributed by atoms with E-state index < -0.39 is 5.82 Å². The first-order valence-electron chi connectivity index (χ1n) is 6.38. The SMILES string of the molecule is CCc1ccc(F)c(CC2CCCNC2)c1F. The van der Waals surface area contributed by atoms with E-state index in [0.29, 0.717) is 24.3 Å². The van der Waals surface area contributed by atoms with Gasteiger partial charge in [-0.25, -0.2) is 8.78 Å². The van der Waals surface area contributed by atoms with Gasteiger partial charge in [-0.3, -0.25) is 0 Å². The average molecular weight is 239 g/mol. The van der Waals surface area contributed by atoms with Crippen molar-refractivity contribution >= 4 is 0 Å². The third-order valence-electron chi connectivity index (χ3n) is 3.54. The summed E-state index contributed by atoms with van der Waals surface area (Å²) in [6.07, 6.45) is 3.28. The first kappa shape index (κ1) is 12.5. The molecule has 0 saturated carbocycles.